The van der Waals surface area contributed by atoms with Crippen LogP contribution in [0.4, 0.5) is 36.3 Å². The largest absolute Gasteiger partial charge is 0.508 e. The van der Waals surface area contributed by atoms with E-state index in [1.54, 1.807) is 19.1 Å². The highest BCUT2D eigenvalue weighted by Crippen LogP contribution is 2.37. The smallest absolute Gasteiger partial charge is 0.495 e. The van der Waals surface area contributed by atoms with Crippen molar-refractivity contribution in [2.24, 2.45) is 0 Å². The van der Waals surface area contributed by atoms with Gasteiger partial charge >= 0.3 is 14.2 Å². The van der Waals surface area contributed by atoms with Crippen LogP contribution in [0, 0.1) is 0 Å². The van der Waals surface area contributed by atoms with E-state index in [-0.39, 0.29) is 17.3 Å². The number of nitrogens with one attached hydrogen (secondary N) is 3. The fourth-order valence-corrected chi connectivity index (χ4v) is 4.80. The second-order valence-electron chi connectivity index (χ2n) is 8.28. The maximum atomic E-state index is 13.8. The lowest BCUT2D eigenvalue weighted by Gasteiger charge is -2.17. The summed E-state index contributed by atoms with van der Waals surface area (Å²) in [4.78, 5) is 24.2. The molecule has 0 aliphatic carbocycles. The van der Waals surface area contributed by atoms with Crippen LogP contribution in [0.15, 0.2) is 41.1 Å². The van der Waals surface area contributed by atoms with Gasteiger partial charge in [0.05, 0.1) is 25.1 Å². The molecule has 2 aromatic heterocycles. The molecule has 3 N–H and O–H groups in total. The molecule has 214 valence electrons. The van der Waals surface area contributed by atoms with E-state index in [9.17, 15) is 22.5 Å². The van der Waals surface area contributed by atoms with Crippen molar-refractivity contribution >= 4 is 53.0 Å². The van der Waals surface area contributed by atoms with Crippen molar-refractivity contribution in [1.29, 1.82) is 0 Å². The highest BCUT2D eigenvalue weighted by Gasteiger charge is 2.36. The molecule has 40 heavy (non-hydrogen) atoms. The number of ether oxygens (including phenoxy) is 1. The first-order chi connectivity index (χ1) is 19.0. The number of amides is 1. The molecule has 15 heteroatoms. The second kappa shape index (κ2) is 14.3. The number of unbranched alkanes of at least 4 members (excludes halogenated alkanes) is 1. The van der Waals surface area contributed by atoms with Gasteiger partial charge in [-0.15, -0.1) is 4.52 Å². The molecule has 0 saturated carbocycles. The fraction of sp³-hybridized carbons (Fsp3) is 0.360. The molecule has 3 rings (SSSR count). The molecule has 1 aromatic carbocycles. The number of nitrogens with zero attached hydrogens (tertiary/aromatic N) is 3. The second-order valence-corrected chi connectivity index (χ2v) is 10.5. The van der Waals surface area contributed by atoms with Gasteiger partial charge in [0.15, 0.2) is 11.9 Å². The van der Waals surface area contributed by atoms with Gasteiger partial charge in [0.2, 0.25) is 5.95 Å². The van der Waals surface area contributed by atoms with Gasteiger partial charge in [0.1, 0.15) is 21.7 Å². The van der Waals surface area contributed by atoms with Crippen LogP contribution in [0.25, 0.3) is 0 Å². The van der Waals surface area contributed by atoms with Crippen molar-refractivity contribution in [3.63, 3.8) is 0 Å². The summed E-state index contributed by atoms with van der Waals surface area (Å²) >= 11 is 3.16. The van der Waals surface area contributed by atoms with Gasteiger partial charge in [0.25, 0.3) is 5.91 Å². The van der Waals surface area contributed by atoms with Crippen molar-refractivity contribution in [2.45, 2.75) is 32.4 Å². The van der Waals surface area contributed by atoms with Crippen LogP contribution in [0.3, 0.4) is 0 Å². The Kier molecular flexibility index (Phi) is 11.2. The van der Waals surface area contributed by atoms with Crippen molar-refractivity contribution in [3.05, 3.63) is 58.0 Å². The summed E-state index contributed by atoms with van der Waals surface area (Å²) in [6, 6.07) is 8.25. The number of aromatic nitrogens is 3. The highest BCUT2D eigenvalue weighted by atomic mass is 79.9. The van der Waals surface area contributed by atoms with Crippen LogP contribution < -0.4 is 20.7 Å². The van der Waals surface area contributed by atoms with Crippen molar-refractivity contribution in [3.8, 4) is 5.75 Å². The van der Waals surface area contributed by atoms with E-state index in [2.05, 4.69) is 46.8 Å². The maximum Gasteiger partial charge on any atom is 0.508 e. The summed E-state index contributed by atoms with van der Waals surface area (Å²) < 4.78 is 63.9. The molecule has 0 bridgehead atoms. The van der Waals surface area contributed by atoms with Gasteiger partial charge in [-0.2, -0.15) is 18.2 Å². The number of rotatable bonds is 13. The molecule has 0 radical (unpaired) electrons. The predicted molar refractivity (Wildman–Crippen MR) is 149 cm³/mol. The lowest BCUT2D eigenvalue weighted by molar-refractivity contribution is -0.137. The predicted octanol–water partition coefficient (Wildman–Crippen LogP) is 6.61. The van der Waals surface area contributed by atoms with Crippen molar-refractivity contribution in [2.75, 3.05) is 37.6 Å². The Morgan fingerprint density at radius 3 is 2.52 bits per heavy atom. The number of carbonyl (C=O) groups is 1. The molecule has 0 fully saturated rings. The summed E-state index contributed by atoms with van der Waals surface area (Å²) in [5, 5.41) is 7.88. The van der Waals surface area contributed by atoms with E-state index in [1.807, 2.05) is 6.07 Å². The van der Waals surface area contributed by atoms with Crippen LogP contribution in [0.1, 0.15) is 41.4 Å². The lowest BCUT2D eigenvalue weighted by atomic mass is 10.1. The van der Waals surface area contributed by atoms with E-state index in [4.69, 9.17) is 9.26 Å². The minimum atomic E-state index is -4.77. The minimum Gasteiger partial charge on any atom is -0.495 e. The third-order valence-electron chi connectivity index (χ3n) is 5.49. The summed E-state index contributed by atoms with van der Waals surface area (Å²) in [6.07, 6.45) is -1.38. The van der Waals surface area contributed by atoms with Crippen LogP contribution in [0.2, 0.25) is 0 Å². The Hall–Kier alpha value is -3.35. The molecule has 0 aliphatic heterocycles. The summed E-state index contributed by atoms with van der Waals surface area (Å²) in [5.41, 5.74) is 0.171. The number of halogens is 4. The van der Waals surface area contributed by atoms with Gasteiger partial charge in [-0.25, -0.2) is 9.97 Å². The van der Waals surface area contributed by atoms with Gasteiger partial charge in [-0.3, -0.25) is 4.79 Å². The molecule has 1 amide bonds. The van der Waals surface area contributed by atoms with E-state index < -0.39 is 31.5 Å². The summed E-state index contributed by atoms with van der Waals surface area (Å²) in [7, 11) is 1.21. The van der Waals surface area contributed by atoms with Crippen molar-refractivity contribution < 1.29 is 31.8 Å². The van der Waals surface area contributed by atoms with Crippen LogP contribution in [-0.4, -0.2) is 47.8 Å². The number of pyridine rings is 1. The Morgan fingerprint density at radius 1 is 1.10 bits per heavy atom. The normalized spacial score (nSPS) is 11.6. The molecule has 0 aliphatic rings. The Balaban J connectivity index is 1.84. The number of hydrogen-bond donors (Lipinski definition) is 3. The maximum absolute atomic E-state index is 13.8. The molecule has 1 unspecified atom stereocenters. The highest BCUT2D eigenvalue weighted by molar-refractivity contribution is 9.10. The van der Waals surface area contributed by atoms with Crippen LogP contribution in [-0.2, 0) is 21.7 Å². The zero-order chi connectivity index (χ0) is 29.3. The fourth-order valence-electron chi connectivity index (χ4n) is 3.59. The van der Waals surface area contributed by atoms with Crippen molar-refractivity contribution in [1.82, 2.24) is 20.3 Å². The number of anilines is 4. The summed E-state index contributed by atoms with van der Waals surface area (Å²) in [5.74, 6) is -0.860. The Morgan fingerprint density at radius 2 is 1.85 bits per heavy atom. The monoisotopic (exact) mass is 643 g/mol. The molecule has 10 nitrogen and oxygen atoms in total. The molecule has 0 saturated heterocycles. The quantitative estimate of drug-likeness (QED) is 0.107. The zero-order valence-electron chi connectivity index (χ0n) is 21.9. The number of hydrogen-bond acceptors (Lipinski definition) is 9. The number of methoxy groups -OCH3 is 1. The average Bonchev–Trinajstić information content (AvgIpc) is 2.92. The Bertz CT molecular complexity index is 1360. The molecule has 0 spiro atoms. The third kappa shape index (κ3) is 8.57. The average molecular weight is 644 g/mol. The molecule has 2 heterocycles. The zero-order valence-corrected chi connectivity index (χ0v) is 24.4. The summed E-state index contributed by atoms with van der Waals surface area (Å²) in [6.45, 7) is 2.21. The lowest BCUT2D eigenvalue weighted by Crippen LogP contribution is -2.21. The van der Waals surface area contributed by atoms with E-state index in [0.29, 0.717) is 41.4 Å². The van der Waals surface area contributed by atoms with Crippen LogP contribution in [0.5, 0.6) is 5.75 Å². The molecule has 1 atom stereocenters. The van der Waals surface area contributed by atoms with Gasteiger partial charge < -0.3 is 20.7 Å². The number of alkyl halides is 3. The third-order valence-corrected chi connectivity index (χ3v) is 7.16. The first-order valence-corrected chi connectivity index (χ1v) is 14.3. The minimum absolute atomic E-state index is 0.0189. The van der Waals surface area contributed by atoms with Gasteiger partial charge in [0, 0.05) is 13.2 Å². The number of carbonyl (C=O) groups excluding carboxylic acids is 1. The Labute approximate surface area is 238 Å². The SMILES string of the molecule is CCO[P+](=O)CCCCc1ccc(Nc2ncc(C(F)(F)F)c(Nc3ccc(Br)nc3C(=O)NC)n2)c(OC)c1. The van der Waals surface area contributed by atoms with Crippen LogP contribution >= 0.6 is 24.0 Å². The van der Waals surface area contributed by atoms with E-state index in [1.165, 1.54) is 26.3 Å². The topological polar surface area (TPSA) is 127 Å². The standard InChI is InChI=1S/C25H27BrF3N6O4P/c1-4-39-40(37)12-6-5-7-15-8-9-17(19(13-15)38-3)33-24-31-14-16(25(27,28)29)22(35-24)32-18-10-11-20(26)34-21(18)23(36)30-2/h8-11,13-14H,4-7,12H2,1-3H3,(H2-,30,31,32,33,35,36)/p+1. The first-order valence-electron chi connectivity index (χ1n) is 12.2. The number of aryl methyl sites for hydroxylation is 1. The first kappa shape index (κ1) is 31.2. The molecule has 3 aromatic rings. The van der Waals surface area contributed by atoms with E-state index in [0.717, 1.165) is 18.4 Å². The van der Waals surface area contributed by atoms with E-state index >= 15 is 0 Å². The molecular formula is C25H28BrF3N6O4P+. The number of benzene rings is 1. The molecular weight excluding hydrogens is 616 g/mol. The van der Waals surface area contributed by atoms with Gasteiger partial charge in [-0.1, -0.05) is 6.07 Å². The van der Waals surface area contributed by atoms with Gasteiger partial charge in [-0.05, 0) is 76.5 Å².